The van der Waals surface area contributed by atoms with Crippen LogP contribution in [0.1, 0.15) is 209 Å². The van der Waals surface area contributed by atoms with Gasteiger partial charge >= 0.3 is 38.1 Å². The van der Waals surface area contributed by atoms with Crippen molar-refractivity contribution in [2.24, 2.45) is 51.8 Å². The second kappa shape index (κ2) is 43.9. The normalized spacial score (nSPS) is 29.1. The molecule has 6 aromatic rings. The summed E-state index contributed by atoms with van der Waals surface area (Å²) in [6, 6.07) is 8.65. The summed E-state index contributed by atoms with van der Waals surface area (Å²) < 4.78 is 221. The number of aromatic nitrogens is 3. The number of benzene rings is 3. The average molecular weight is 2050 g/mol. The predicted octanol–water partition coefficient (Wildman–Crippen LogP) is 18.0. The number of nitrogens with one attached hydrogen (secondary N) is 3. The number of rotatable bonds is 10. The fraction of sp³-hybridized carbons (Fsp3) is 0.621. The molecule has 3 radical (unpaired) electrons. The van der Waals surface area contributed by atoms with Crippen LogP contribution in [0.25, 0.3) is 32.7 Å². The number of alkyl carbamates (subject to hydrolysis) is 3. The number of carbonyl (C=O) groups excluding carboxylic acids is 9. The molecule has 3 aromatic carbocycles. The van der Waals surface area contributed by atoms with Gasteiger partial charge in [0.15, 0.2) is 0 Å². The van der Waals surface area contributed by atoms with Crippen molar-refractivity contribution < 1.29 is 194 Å². The van der Waals surface area contributed by atoms with E-state index in [-0.39, 0.29) is 174 Å². The number of ether oxygens (including phenoxy) is 9. The minimum atomic E-state index is -3.38. The van der Waals surface area contributed by atoms with Crippen LogP contribution in [-0.2, 0) is 116 Å². The molecular weight excluding hydrogens is 1940 g/mol. The van der Waals surface area contributed by atoms with E-state index in [1.54, 1.807) is 90.0 Å². The Labute approximate surface area is 820 Å². The topological polar surface area (TPSA) is 321 Å². The second-order valence-corrected chi connectivity index (χ2v) is 39.8. The number of nitrogens with zero attached hydrogens (tertiary/aromatic N) is 6. The van der Waals surface area contributed by atoms with E-state index in [1.165, 1.54) is 87.5 Å². The maximum Gasteiger partial charge on any atom is 0.408 e. The summed E-state index contributed by atoms with van der Waals surface area (Å²) in [5, 5.41) is 8.89. The molecule has 0 unspecified atom stereocenters. The largest absolute Gasteiger partial charge is 0.540 e. The first-order chi connectivity index (χ1) is 62.9. The molecule has 6 amide bonds. The summed E-state index contributed by atoms with van der Waals surface area (Å²) in [7, 11) is 0. The summed E-state index contributed by atoms with van der Waals surface area (Å²) in [6.07, 6.45) is 4.07. The fourth-order valence-corrected chi connectivity index (χ4v) is 18.6. The molecule has 747 valence electrons. The zero-order valence-electron chi connectivity index (χ0n) is 77.8. The van der Waals surface area contributed by atoms with Gasteiger partial charge in [-0.25, -0.2) is 74.5 Å². The van der Waals surface area contributed by atoms with Crippen molar-refractivity contribution in [1.29, 1.82) is 0 Å². The van der Waals surface area contributed by atoms with Gasteiger partial charge in [-0.05, 0) is 165 Å². The van der Waals surface area contributed by atoms with E-state index in [1.807, 2.05) is 18.9 Å². The van der Waals surface area contributed by atoms with Crippen molar-refractivity contribution in [3.8, 4) is 34.9 Å². The Hall–Kier alpha value is -9.17. The smallest absolute Gasteiger partial charge is 0.408 e. The third-order valence-electron chi connectivity index (χ3n) is 26.7. The zero-order valence-corrected chi connectivity index (χ0v) is 82.0. The summed E-state index contributed by atoms with van der Waals surface area (Å²) >= 11 is 0. The molecule has 6 aliphatic heterocycles. The van der Waals surface area contributed by atoms with Crippen LogP contribution in [0.5, 0.6) is 34.9 Å². The molecule has 3 saturated heterocycles. The minimum absolute atomic E-state index is 0. The number of hydrogen-bond donors (Lipinski definition) is 3. The Bertz CT molecular complexity index is 5350. The first kappa shape index (κ1) is 110. The number of amides is 6. The van der Waals surface area contributed by atoms with Gasteiger partial charge in [-0.2, -0.15) is 26.3 Å². The molecule has 3 saturated carbocycles. The monoisotopic (exact) mass is 2050 g/mol. The molecule has 6 fully saturated rings. The predicted molar refractivity (Wildman–Crippen MR) is 460 cm³/mol. The first-order valence-electron chi connectivity index (χ1n) is 45.2. The van der Waals surface area contributed by atoms with E-state index < -0.39 is 221 Å². The van der Waals surface area contributed by atoms with E-state index >= 15 is 26.3 Å². The zero-order chi connectivity index (χ0) is 97.6. The number of fused-ring (bicyclic) bond motifs is 15. The molecular formula is C95H112F12N9O18V3-3. The molecule has 18 atom stereocenters. The van der Waals surface area contributed by atoms with Crippen molar-refractivity contribution in [1.82, 2.24) is 45.6 Å². The first-order valence-corrected chi connectivity index (χ1v) is 45.2. The number of hydrogen-bond acceptors (Lipinski definition) is 21. The molecule has 6 bridgehead atoms. The van der Waals surface area contributed by atoms with Crippen LogP contribution >= 0.6 is 0 Å². The van der Waals surface area contributed by atoms with E-state index in [0.29, 0.717) is 64.2 Å². The minimum Gasteiger partial charge on any atom is -0.540 e. The van der Waals surface area contributed by atoms with Gasteiger partial charge in [-0.1, -0.05) is 127 Å². The van der Waals surface area contributed by atoms with Crippen molar-refractivity contribution in [3.63, 3.8) is 0 Å². The molecule has 15 rings (SSSR count). The van der Waals surface area contributed by atoms with Gasteiger partial charge in [-0.15, -0.1) is 0 Å². The second-order valence-electron chi connectivity index (χ2n) is 39.8. The van der Waals surface area contributed by atoms with Crippen LogP contribution in [0.3, 0.4) is 0 Å². The van der Waals surface area contributed by atoms with E-state index in [4.69, 9.17) is 28.4 Å². The third-order valence-corrected chi connectivity index (χ3v) is 26.7. The van der Waals surface area contributed by atoms with Crippen molar-refractivity contribution in [2.45, 2.75) is 303 Å². The van der Waals surface area contributed by atoms with Gasteiger partial charge in [0.25, 0.3) is 17.8 Å². The molecule has 9 heterocycles. The Morgan fingerprint density at radius 3 is 1.07 bits per heavy atom. The summed E-state index contributed by atoms with van der Waals surface area (Å²) in [4.78, 5) is 134. The van der Waals surface area contributed by atoms with Gasteiger partial charge in [0.2, 0.25) is 35.4 Å². The fourth-order valence-electron chi connectivity index (χ4n) is 18.6. The molecule has 137 heavy (non-hydrogen) atoms. The third kappa shape index (κ3) is 26.0. The molecule has 9 aliphatic rings. The summed E-state index contributed by atoms with van der Waals surface area (Å²) in [5.74, 6) is -15.7. The van der Waals surface area contributed by atoms with Crippen LogP contribution in [0.2, 0.25) is 0 Å². The maximum absolute atomic E-state index is 15.9. The van der Waals surface area contributed by atoms with Gasteiger partial charge < -0.3 is 87.7 Å². The number of pyridine rings is 3. The van der Waals surface area contributed by atoms with Crippen LogP contribution in [0.15, 0.2) is 72.8 Å². The Morgan fingerprint density at radius 2 is 0.752 bits per heavy atom. The number of carbonyl (C=O) groups is 6. The van der Waals surface area contributed by atoms with Crippen LogP contribution in [-0.4, -0.2) is 196 Å². The molecule has 42 heteroatoms. The Balaban J connectivity index is 0.000000210. The standard InChI is InChI=1S/2C32H38F4N3O6.C31H36F4N3O6.3V/c1-17-23(16-40)39-15-24(17)44-26-21(12-18-9-10-20(43-28(33)34)13-22(18)37-26)32(35,36)11-7-6-8-19-14-31(19,5)45-29(42)38-25(27(39)41)30(2,3)4;1-5-20-23(16-40)39-15-25(20)44-27-21(12-17-9-10-19(43-29(33)34)14-22(17)37-27)32(35,36)11-7-6-8-18-13-24(18)45-30(42)38-26(28(39)41)31(2,3)4;1-16-22(15-39)38-14-24(16)43-26-20(11-17-8-9-19(42-28(32)33)13-21(17)36-26)31(34,35)10-6-5-7-18-12-23(18)44-29(41)37-25(27(38)40)30(2,3)4;;;/h9-10,12-13,17,19,23-25,28H,6-8,11,14-15H2,1-5H3,(H,38,42);9-10,12,14,18,20,23-26,29H,5-8,11,13,15H2,1-4H3,(H,38,42);8-9,11,13,16,18,22-25,28H,5-7,10,12,14H2,1-4H3,(H,37,41);;;/q3*-1;;;/t17-,19+,23+,24-,25+,31+;18-,20+,23-,24-,25+,26-;16-,18+,22+,23+,24-,25+;;;/m010.../s1. The van der Waals surface area contributed by atoms with Gasteiger partial charge in [0, 0.05) is 115 Å². The molecule has 3 aromatic heterocycles. The van der Waals surface area contributed by atoms with Crippen LogP contribution in [0, 0.1) is 51.8 Å². The summed E-state index contributed by atoms with van der Waals surface area (Å²) in [6.45, 7) is 12.9. The summed E-state index contributed by atoms with van der Waals surface area (Å²) in [5.41, 5.74) is -4.28. The Morgan fingerprint density at radius 1 is 0.438 bits per heavy atom. The molecule has 27 nitrogen and oxygen atoms in total. The van der Waals surface area contributed by atoms with Crippen molar-refractivity contribution >= 4 is 87.6 Å². The van der Waals surface area contributed by atoms with Crippen LogP contribution in [0.4, 0.5) is 67.1 Å². The maximum atomic E-state index is 15.9. The molecule has 3 aliphatic carbocycles. The van der Waals surface area contributed by atoms with Crippen molar-refractivity contribution in [3.05, 3.63) is 89.5 Å². The average Bonchev–Trinajstić information content (AvgIpc) is 1.53. The van der Waals surface area contributed by atoms with E-state index in [2.05, 4.69) is 45.1 Å². The number of halogens is 12. The van der Waals surface area contributed by atoms with Crippen LogP contribution < -0.4 is 44.4 Å². The van der Waals surface area contributed by atoms with E-state index in [9.17, 15) is 69.5 Å². The molecule has 0 spiro atoms. The van der Waals surface area contributed by atoms with Gasteiger partial charge in [0.1, 0.15) is 71.5 Å². The van der Waals surface area contributed by atoms with Gasteiger partial charge in [0.05, 0.1) is 52.9 Å². The molecule has 3 N–H and O–H groups in total. The van der Waals surface area contributed by atoms with Gasteiger partial charge in [-0.3, -0.25) is 14.4 Å². The number of alkyl halides is 12. The quantitative estimate of drug-likeness (QED) is 0.0651. The van der Waals surface area contributed by atoms with E-state index in [0.717, 1.165) is 0 Å². The SMILES string of the molecule is CC[C@@H]1[C@@H]2CN(C(=O)[C@H](C(C)(C)C)NC(=O)O[C@@H]3C[C@H]3CCCCC(F)(F)c3cc4ccc(OC(F)F)cc4nc3O2)[C@@H]1[C-]=O.C[C@@H]1[C@@H]2CN(C(=O)[C@H](C(C)(C)C)NC(=O)O[C@@H]3C[C@H]3CCCCC(F)(F)c3cc4ccc(OC(F)F)cc4nc3O2)[C@@H]1[C-]=O.C[C@@H]1[C@@H]2CN(C(=O)[C@H](C(C)(C)C)NC(=O)O[C@]3(C)C[C@H]3CCCCC(F)(F)c3cc4ccc(OC(F)F)cc4nc3O2)[C@@H]1[C-]=O.[V].[V].[V]. The Kier molecular flexibility index (Phi) is 35.2. The van der Waals surface area contributed by atoms with Crippen molar-refractivity contribution in [2.75, 3.05) is 19.6 Å².